The number of rotatable bonds is 1. The fourth-order valence-electron chi connectivity index (χ4n) is 1.11. The Bertz CT molecular complexity index is 193. The molecule has 1 aliphatic heterocycles. The van der Waals surface area contributed by atoms with E-state index in [-0.39, 0.29) is 25.3 Å². The van der Waals surface area contributed by atoms with E-state index in [1.54, 1.807) is 4.90 Å². The first-order valence-electron chi connectivity index (χ1n) is 3.67. The Morgan fingerprint density at radius 3 is 2.45 bits per heavy atom. The maximum absolute atomic E-state index is 11.1. The van der Waals surface area contributed by atoms with Crippen molar-refractivity contribution in [2.45, 2.75) is 12.8 Å². The van der Waals surface area contributed by atoms with Crippen LogP contribution in [-0.2, 0) is 4.79 Å². The standard InChI is InChI=1S/C6H8NO2.CH2.Al/c8-5-7-3-1-6(9)2-4-7;;/h1-4H2;1H2;. The number of nitrogens with zero attached hydrogens (tertiary/aromatic N) is 1. The van der Waals surface area contributed by atoms with Crippen LogP contribution < -0.4 is 0 Å². The van der Waals surface area contributed by atoms with E-state index in [4.69, 9.17) is 0 Å². The average molecular weight is 167 g/mol. The van der Waals surface area contributed by atoms with Crippen LogP contribution in [0, 0.1) is 0 Å². The van der Waals surface area contributed by atoms with Crippen molar-refractivity contribution >= 4 is 30.7 Å². The van der Waals surface area contributed by atoms with Crippen LogP contribution in [0.4, 0.5) is 4.79 Å². The predicted octanol–water partition coefficient (Wildman–Crippen LogP) is -0.0925. The van der Waals surface area contributed by atoms with Gasteiger partial charge in [-0.3, -0.25) is 0 Å². The Morgan fingerprint density at radius 1 is 1.45 bits per heavy atom. The van der Waals surface area contributed by atoms with Gasteiger partial charge in [0.05, 0.1) is 0 Å². The summed E-state index contributed by atoms with van der Waals surface area (Å²) < 4.78 is 0.137. The number of likely N-dealkylation sites (tertiary alicyclic amines) is 1. The molecule has 1 fully saturated rings. The summed E-state index contributed by atoms with van der Waals surface area (Å²) in [5.41, 5.74) is 0. The van der Waals surface area contributed by atoms with Gasteiger partial charge in [0.25, 0.3) is 0 Å². The molecule has 1 amide bonds. The first kappa shape index (κ1) is 8.64. The van der Waals surface area contributed by atoms with E-state index < -0.39 is 0 Å². The van der Waals surface area contributed by atoms with E-state index in [0.29, 0.717) is 25.9 Å². The van der Waals surface area contributed by atoms with Crippen LogP contribution in [-0.4, -0.2) is 48.7 Å². The van der Waals surface area contributed by atoms with E-state index in [1.807, 2.05) is 0 Å². The first-order valence-corrected chi connectivity index (χ1v) is 5.06. The third-order valence-corrected chi connectivity index (χ3v) is 2.52. The van der Waals surface area contributed by atoms with Crippen LogP contribution in [0.5, 0.6) is 0 Å². The van der Waals surface area contributed by atoms with Gasteiger partial charge in [-0.1, -0.05) is 0 Å². The topological polar surface area (TPSA) is 37.4 Å². The zero-order chi connectivity index (χ0) is 8.27. The molecule has 0 aromatic heterocycles. The van der Waals surface area contributed by atoms with Gasteiger partial charge < -0.3 is 0 Å². The fourth-order valence-corrected chi connectivity index (χ4v) is 1.62. The molecule has 0 N–H and O–H groups in total. The van der Waals surface area contributed by atoms with Crippen molar-refractivity contribution in [3.63, 3.8) is 0 Å². The molecule has 1 saturated heterocycles. The van der Waals surface area contributed by atoms with Crippen molar-refractivity contribution in [3.05, 3.63) is 0 Å². The Labute approximate surface area is 71.6 Å². The van der Waals surface area contributed by atoms with Gasteiger partial charge in [0, 0.05) is 0 Å². The minimum absolute atomic E-state index is 0.137. The van der Waals surface area contributed by atoms with E-state index in [1.165, 1.54) is 0 Å². The summed E-state index contributed by atoms with van der Waals surface area (Å²) >= 11 is -0.359. The zero-order valence-corrected chi connectivity index (χ0v) is 7.53. The SMILES string of the molecule is [CH2]=[Al][C](=O)N1CCC(=O)CC1. The van der Waals surface area contributed by atoms with Crippen LogP contribution in [0.1, 0.15) is 12.8 Å². The summed E-state index contributed by atoms with van der Waals surface area (Å²) in [7, 11) is 0. The van der Waals surface area contributed by atoms with E-state index >= 15 is 0 Å². The molecule has 0 aromatic rings. The molecule has 1 aliphatic rings. The number of carbonyl (C=O) groups excluding carboxylic acids is 2. The molecule has 0 unspecified atom stereocenters. The molecule has 4 heteroatoms. The fraction of sp³-hybridized carbons (Fsp3) is 0.571. The molecule has 58 valence electrons. The van der Waals surface area contributed by atoms with Gasteiger partial charge in [0.2, 0.25) is 0 Å². The second-order valence-corrected chi connectivity index (χ2v) is 3.47. The van der Waals surface area contributed by atoms with Crippen LogP contribution in [0.2, 0.25) is 0 Å². The van der Waals surface area contributed by atoms with Crippen molar-refractivity contribution in [1.82, 2.24) is 4.90 Å². The van der Waals surface area contributed by atoms with Crippen LogP contribution in [0.25, 0.3) is 0 Å². The second kappa shape index (κ2) is 3.80. The first-order chi connectivity index (χ1) is 5.24. The van der Waals surface area contributed by atoms with Crippen LogP contribution in [0.15, 0.2) is 0 Å². The molecule has 0 aromatic carbocycles. The molecule has 0 spiro atoms. The van der Waals surface area contributed by atoms with Crippen LogP contribution >= 0.6 is 0 Å². The molecule has 1 heterocycles. The van der Waals surface area contributed by atoms with Crippen molar-refractivity contribution < 1.29 is 9.59 Å². The quantitative estimate of drug-likeness (QED) is 0.512. The molecule has 0 radical (unpaired) electrons. The molecule has 0 saturated carbocycles. The van der Waals surface area contributed by atoms with Gasteiger partial charge in [0.15, 0.2) is 0 Å². The van der Waals surface area contributed by atoms with Crippen molar-refractivity contribution in [3.8, 4) is 0 Å². The average Bonchev–Trinajstić information content (AvgIpc) is 2.05. The zero-order valence-electron chi connectivity index (χ0n) is 6.38. The van der Waals surface area contributed by atoms with E-state index in [2.05, 4.69) is 5.39 Å². The second-order valence-electron chi connectivity index (χ2n) is 2.57. The van der Waals surface area contributed by atoms with Gasteiger partial charge in [-0.25, -0.2) is 0 Å². The molecule has 11 heavy (non-hydrogen) atoms. The molecule has 0 atom stereocenters. The maximum atomic E-state index is 11.1. The van der Waals surface area contributed by atoms with Gasteiger partial charge in [-0.2, -0.15) is 0 Å². The van der Waals surface area contributed by atoms with Crippen molar-refractivity contribution in [2.75, 3.05) is 13.1 Å². The third kappa shape index (κ3) is 2.25. The number of hydrogen-bond acceptors (Lipinski definition) is 2. The summed E-state index contributed by atoms with van der Waals surface area (Å²) in [5, 5.41) is 3.59. The number of ketones is 1. The van der Waals surface area contributed by atoms with Gasteiger partial charge >= 0.3 is 71.1 Å². The van der Waals surface area contributed by atoms with Crippen LogP contribution in [0.3, 0.4) is 0 Å². The molecule has 0 aliphatic carbocycles. The Hall–Kier alpha value is -0.458. The van der Waals surface area contributed by atoms with Gasteiger partial charge in [0.1, 0.15) is 0 Å². The summed E-state index contributed by atoms with van der Waals surface area (Å²) in [6, 6.07) is 0. The molecule has 3 nitrogen and oxygen atoms in total. The van der Waals surface area contributed by atoms with Crippen molar-refractivity contribution in [1.29, 1.82) is 0 Å². The number of piperidine rings is 1. The number of carbonyl (C=O) groups is 2. The monoisotopic (exact) mass is 167 g/mol. The number of hydrogen-bond donors (Lipinski definition) is 0. The van der Waals surface area contributed by atoms with E-state index in [9.17, 15) is 9.59 Å². The van der Waals surface area contributed by atoms with Crippen molar-refractivity contribution in [2.24, 2.45) is 0 Å². The number of Topliss-reactive ketones (excluding diaryl/α,β-unsaturated/α-hetero) is 1. The molecular weight excluding hydrogens is 157 g/mol. The molecule has 0 bridgehead atoms. The normalized spacial score (nSPS) is 17.8. The summed E-state index contributed by atoms with van der Waals surface area (Å²) in [6.07, 6.45) is 1.07. The molecular formula is C7H10AlNO2. The summed E-state index contributed by atoms with van der Waals surface area (Å²) in [6.45, 7) is 1.22. The Kier molecular flexibility index (Phi) is 2.98. The Morgan fingerprint density at radius 2 is 2.00 bits per heavy atom. The van der Waals surface area contributed by atoms with Gasteiger partial charge in [-0.15, -0.1) is 0 Å². The molecule has 1 rings (SSSR count). The number of amides is 1. The Balaban J connectivity index is 2.44. The van der Waals surface area contributed by atoms with Gasteiger partial charge in [-0.05, 0) is 0 Å². The third-order valence-electron chi connectivity index (χ3n) is 1.81. The summed E-state index contributed by atoms with van der Waals surface area (Å²) in [4.78, 5) is 23.6. The predicted molar refractivity (Wildman–Crippen MR) is 44.1 cm³/mol. The summed E-state index contributed by atoms with van der Waals surface area (Å²) in [5.74, 6) is 0.271. The minimum atomic E-state index is -0.359. The van der Waals surface area contributed by atoms with E-state index in [0.717, 1.165) is 0 Å².